The SMILES string of the molecule is C=CC(=O)N[C@H]1CC(C2CCCC2)CC[C@H]1Nc1ncc2cc(-c3c(Cl)c(OC)cc(OC)c3Cl)c(=O)n(C)c2n1. The van der Waals surface area contributed by atoms with Gasteiger partial charge in [0.25, 0.3) is 5.56 Å². The van der Waals surface area contributed by atoms with Crippen LogP contribution in [0, 0.1) is 11.8 Å². The third-order valence-corrected chi connectivity index (χ3v) is 9.33. The monoisotopic (exact) mass is 599 g/mol. The van der Waals surface area contributed by atoms with E-state index in [-0.39, 0.29) is 39.2 Å². The zero-order valence-corrected chi connectivity index (χ0v) is 25.0. The van der Waals surface area contributed by atoms with Gasteiger partial charge in [-0.1, -0.05) is 55.5 Å². The number of halogens is 2. The first-order valence-corrected chi connectivity index (χ1v) is 14.7. The molecule has 3 aromatic rings. The molecule has 11 heteroatoms. The molecule has 0 aliphatic heterocycles. The van der Waals surface area contributed by atoms with E-state index in [0.29, 0.717) is 40.0 Å². The molecule has 2 heterocycles. The Morgan fingerprint density at radius 1 is 1.05 bits per heavy atom. The maximum atomic E-state index is 13.6. The van der Waals surface area contributed by atoms with Crippen molar-refractivity contribution in [1.82, 2.24) is 19.9 Å². The standard InChI is InChI=1S/C30H35Cl2N5O4/c1-5-24(38)34-21-13-17(16-8-6-7-9-16)10-11-20(21)35-30-33-15-18-12-19(29(39)37(2)28(18)36-30)25-26(31)22(40-3)14-23(41-4)27(25)32/h5,12,14-17,20-21H,1,6-11,13H2,2-4H3,(H,34,38)(H,33,35,36)/t17?,20-,21+/m1/s1. The molecule has 2 aliphatic rings. The smallest absolute Gasteiger partial charge is 0.259 e. The number of methoxy groups -OCH3 is 2. The van der Waals surface area contributed by atoms with Crippen molar-refractivity contribution in [2.45, 2.75) is 57.0 Å². The quantitative estimate of drug-likeness (QED) is 0.317. The van der Waals surface area contributed by atoms with Crippen LogP contribution in [0.15, 0.2) is 35.8 Å². The first kappa shape index (κ1) is 29.2. The van der Waals surface area contributed by atoms with Gasteiger partial charge in [0.05, 0.1) is 29.8 Å². The van der Waals surface area contributed by atoms with Gasteiger partial charge in [-0.15, -0.1) is 0 Å². The summed E-state index contributed by atoms with van der Waals surface area (Å²) in [5, 5.41) is 7.61. The van der Waals surface area contributed by atoms with Gasteiger partial charge in [-0.2, -0.15) is 4.98 Å². The molecule has 1 aromatic carbocycles. The van der Waals surface area contributed by atoms with Crippen molar-refractivity contribution in [3.63, 3.8) is 0 Å². The van der Waals surface area contributed by atoms with Crippen LogP contribution in [-0.4, -0.2) is 46.7 Å². The number of carbonyl (C=O) groups excluding carboxylic acids is 1. The number of nitrogens with one attached hydrogen (secondary N) is 2. The molecule has 218 valence electrons. The average Bonchev–Trinajstić information content (AvgIpc) is 3.52. The lowest BCUT2D eigenvalue weighted by Crippen LogP contribution is -2.50. The summed E-state index contributed by atoms with van der Waals surface area (Å²) in [5.41, 5.74) is 0.696. The number of aromatic nitrogens is 3. The van der Waals surface area contributed by atoms with Crippen molar-refractivity contribution in [3.8, 4) is 22.6 Å². The molecule has 0 radical (unpaired) electrons. The second-order valence-corrected chi connectivity index (χ2v) is 11.6. The van der Waals surface area contributed by atoms with Crippen LogP contribution in [0.5, 0.6) is 11.5 Å². The summed E-state index contributed by atoms with van der Waals surface area (Å²) in [6, 6.07) is 3.13. The third kappa shape index (κ3) is 5.75. The lowest BCUT2D eigenvalue weighted by atomic mass is 9.75. The number of hydrogen-bond acceptors (Lipinski definition) is 7. The Bertz CT molecular complexity index is 1510. The van der Waals surface area contributed by atoms with E-state index in [9.17, 15) is 9.59 Å². The number of fused-ring (bicyclic) bond motifs is 1. The Balaban J connectivity index is 1.47. The van der Waals surface area contributed by atoms with Gasteiger partial charge in [-0.3, -0.25) is 14.2 Å². The van der Waals surface area contributed by atoms with E-state index in [4.69, 9.17) is 37.7 Å². The molecule has 2 aromatic heterocycles. The van der Waals surface area contributed by atoms with Crippen LogP contribution < -0.4 is 25.7 Å². The maximum absolute atomic E-state index is 13.6. The van der Waals surface area contributed by atoms with Gasteiger partial charge in [-0.05, 0) is 43.2 Å². The molecule has 0 spiro atoms. The van der Waals surface area contributed by atoms with E-state index in [0.717, 1.165) is 25.2 Å². The number of pyridine rings is 1. The van der Waals surface area contributed by atoms with E-state index in [2.05, 4.69) is 22.2 Å². The van der Waals surface area contributed by atoms with Gasteiger partial charge in [0.2, 0.25) is 11.9 Å². The first-order chi connectivity index (χ1) is 19.7. The van der Waals surface area contributed by atoms with E-state index in [1.807, 2.05) is 0 Å². The molecule has 0 bridgehead atoms. The van der Waals surface area contributed by atoms with E-state index >= 15 is 0 Å². The molecule has 2 N–H and O–H groups in total. The normalized spacial score (nSPS) is 21.0. The Labute approximate surface area is 249 Å². The number of amides is 1. The lowest BCUT2D eigenvalue weighted by Gasteiger charge is -2.39. The molecule has 2 fully saturated rings. The van der Waals surface area contributed by atoms with Crippen LogP contribution >= 0.6 is 23.2 Å². The molecule has 0 saturated heterocycles. The van der Waals surface area contributed by atoms with Gasteiger partial charge in [0.15, 0.2) is 0 Å². The molecule has 5 rings (SSSR count). The maximum Gasteiger partial charge on any atom is 0.259 e. The Kier molecular flexibility index (Phi) is 8.75. The third-order valence-electron chi connectivity index (χ3n) is 8.58. The fraction of sp³-hybridized carbons (Fsp3) is 0.467. The largest absolute Gasteiger partial charge is 0.495 e. The summed E-state index contributed by atoms with van der Waals surface area (Å²) in [4.78, 5) is 35.1. The summed E-state index contributed by atoms with van der Waals surface area (Å²) in [6.45, 7) is 3.62. The van der Waals surface area contributed by atoms with E-state index in [1.54, 1.807) is 25.4 Å². The van der Waals surface area contributed by atoms with Gasteiger partial charge in [0, 0.05) is 42.3 Å². The van der Waals surface area contributed by atoms with Crippen LogP contribution in [0.4, 0.5) is 5.95 Å². The van der Waals surface area contributed by atoms with Gasteiger partial charge >= 0.3 is 0 Å². The minimum absolute atomic E-state index is 0.0489. The Morgan fingerprint density at radius 2 is 1.73 bits per heavy atom. The minimum Gasteiger partial charge on any atom is -0.495 e. The molecule has 3 atom stereocenters. The number of carbonyl (C=O) groups is 1. The number of ether oxygens (including phenoxy) is 2. The number of nitrogens with zero attached hydrogens (tertiary/aromatic N) is 3. The highest BCUT2D eigenvalue weighted by Crippen LogP contribution is 2.45. The molecule has 1 amide bonds. The zero-order valence-electron chi connectivity index (χ0n) is 23.5. The van der Waals surface area contributed by atoms with Gasteiger partial charge < -0.3 is 20.1 Å². The highest BCUT2D eigenvalue weighted by Gasteiger charge is 2.36. The van der Waals surface area contributed by atoms with Crippen molar-refractivity contribution in [2.75, 3.05) is 19.5 Å². The molecule has 9 nitrogen and oxygen atoms in total. The Hall–Kier alpha value is -3.30. The molecule has 2 saturated carbocycles. The molecule has 1 unspecified atom stereocenters. The van der Waals surface area contributed by atoms with Crippen molar-refractivity contribution >= 4 is 46.1 Å². The van der Waals surface area contributed by atoms with Crippen molar-refractivity contribution in [2.24, 2.45) is 18.9 Å². The minimum atomic E-state index is -0.338. The number of aryl methyl sites for hydroxylation is 1. The van der Waals surface area contributed by atoms with Crippen molar-refractivity contribution in [3.05, 3.63) is 51.4 Å². The van der Waals surface area contributed by atoms with E-state index in [1.165, 1.54) is 50.5 Å². The Morgan fingerprint density at radius 3 is 2.37 bits per heavy atom. The highest BCUT2D eigenvalue weighted by atomic mass is 35.5. The van der Waals surface area contributed by atoms with E-state index < -0.39 is 0 Å². The summed E-state index contributed by atoms with van der Waals surface area (Å²) in [7, 11) is 4.60. The lowest BCUT2D eigenvalue weighted by molar-refractivity contribution is -0.117. The molecule has 41 heavy (non-hydrogen) atoms. The number of rotatable bonds is 8. The first-order valence-electron chi connectivity index (χ1n) is 13.9. The molecular formula is C30H35Cl2N5O4. The van der Waals surface area contributed by atoms with Crippen molar-refractivity contribution in [1.29, 1.82) is 0 Å². The van der Waals surface area contributed by atoms with Crippen LogP contribution in [0.3, 0.4) is 0 Å². The fourth-order valence-electron chi connectivity index (χ4n) is 6.42. The summed E-state index contributed by atoms with van der Waals surface area (Å²) in [6.07, 6.45) is 11.0. The van der Waals surface area contributed by atoms with Crippen LogP contribution in [0.2, 0.25) is 10.0 Å². The number of benzene rings is 1. The fourth-order valence-corrected chi connectivity index (χ4v) is 7.12. The summed E-state index contributed by atoms with van der Waals surface area (Å²) in [5.74, 6) is 2.20. The second-order valence-electron chi connectivity index (χ2n) is 10.9. The van der Waals surface area contributed by atoms with Crippen LogP contribution in [-0.2, 0) is 11.8 Å². The average molecular weight is 601 g/mol. The molecule has 2 aliphatic carbocycles. The predicted molar refractivity (Wildman–Crippen MR) is 162 cm³/mol. The predicted octanol–water partition coefficient (Wildman–Crippen LogP) is 5.76. The second kappa shape index (κ2) is 12.3. The zero-order chi connectivity index (χ0) is 29.3. The number of anilines is 1. The molecular weight excluding hydrogens is 565 g/mol. The topological polar surface area (TPSA) is 107 Å². The van der Waals surface area contributed by atoms with Gasteiger partial charge in [-0.25, -0.2) is 4.98 Å². The van der Waals surface area contributed by atoms with Crippen LogP contribution in [0.25, 0.3) is 22.2 Å². The highest BCUT2D eigenvalue weighted by molar-refractivity contribution is 6.41. The van der Waals surface area contributed by atoms with Gasteiger partial charge in [0.1, 0.15) is 17.1 Å². The summed E-state index contributed by atoms with van der Waals surface area (Å²) >= 11 is 13.2. The number of hydrogen-bond donors (Lipinski definition) is 2. The summed E-state index contributed by atoms with van der Waals surface area (Å²) < 4.78 is 12.2. The van der Waals surface area contributed by atoms with Crippen LogP contribution in [0.1, 0.15) is 44.9 Å². The van der Waals surface area contributed by atoms with Crippen molar-refractivity contribution < 1.29 is 14.3 Å².